The van der Waals surface area contributed by atoms with E-state index < -0.39 is 0 Å². The highest BCUT2D eigenvalue weighted by Gasteiger charge is 2.20. The molecule has 0 saturated carbocycles. The molecule has 1 aliphatic rings. The molecule has 4 aromatic carbocycles. The number of hydrogen-bond donors (Lipinski definition) is 0. The van der Waals surface area contributed by atoms with Crippen molar-refractivity contribution in [3.05, 3.63) is 82.9 Å². The third kappa shape index (κ3) is 1.78. The number of hydrogen-bond acceptors (Lipinski definition) is 0. The molecule has 0 spiro atoms. The van der Waals surface area contributed by atoms with Gasteiger partial charge in [-0.15, -0.1) is 0 Å². The fourth-order valence-electron chi connectivity index (χ4n) is 3.97. The Morgan fingerprint density at radius 1 is 0.609 bits per heavy atom. The first-order valence-electron chi connectivity index (χ1n) is 8.25. The maximum Gasteiger partial charge on any atom is -0.00131 e. The smallest absolute Gasteiger partial charge is 0.00131 e. The van der Waals surface area contributed by atoms with Crippen LogP contribution in [0.1, 0.15) is 22.3 Å². The topological polar surface area (TPSA) is 0 Å². The molecular weight excluding hydrogens is 276 g/mol. The van der Waals surface area contributed by atoms with Crippen LogP contribution in [0.2, 0.25) is 0 Å². The molecule has 0 aromatic heterocycles. The average molecular weight is 294 g/mol. The maximum absolute atomic E-state index is 2.41. The van der Waals surface area contributed by atoms with E-state index in [2.05, 4.69) is 74.5 Å². The fraction of sp³-hybridized carbons (Fsp3) is 0.130. The summed E-state index contributed by atoms with van der Waals surface area (Å²) < 4.78 is 0. The quantitative estimate of drug-likeness (QED) is 0.299. The molecule has 4 aromatic rings. The Morgan fingerprint density at radius 3 is 2.22 bits per heavy atom. The zero-order chi connectivity index (χ0) is 15.6. The van der Waals surface area contributed by atoms with Crippen molar-refractivity contribution in [3.8, 4) is 11.1 Å². The molecule has 5 rings (SSSR count). The Hall–Kier alpha value is -2.60. The van der Waals surface area contributed by atoms with Gasteiger partial charge in [0.15, 0.2) is 0 Å². The minimum atomic E-state index is 1.06. The predicted molar refractivity (Wildman–Crippen MR) is 99.2 cm³/mol. The third-order valence-corrected chi connectivity index (χ3v) is 5.36. The molecule has 0 heterocycles. The van der Waals surface area contributed by atoms with Crippen LogP contribution in [0.4, 0.5) is 0 Å². The van der Waals surface area contributed by atoms with E-state index in [4.69, 9.17) is 0 Å². The van der Waals surface area contributed by atoms with Crippen molar-refractivity contribution in [2.24, 2.45) is 0 Å². The van der Waals surface area contributed by atoms with Crippen LogP contribution >= 0.6 is 0 Å². The highest BCUT2D eigenvalue weighted by atomic mass is 14.2. The molecule has 0 heteroatoms. The summed E-state index contributed by atoms with van der Waals surface area (Å²) in [6, 6.07) is 22.7. The van der Waals surface area contributed by atoms with Crippen LogP contribution in [-0.2, 0) is 6.42 Å². The van der Waals surface area contributed by atoms with E-state index in [9.17, 15) is 0 Å². The van der Waals surface area contributed by atoms with Gasteiger partial charge in [0.2, 0.25) is 0 Å². The molecule has 0 atom stereocenters. The monoisotopic (exact) mass is 294 g/mol. The van der Waals surface area contributed by atoms with Crippen molar-refractivity contribution >= 4 is 21.5 Å². The second-order valence-corrected chi connectivity index (χ2v) is 6.79. The lowest BCUT2D eigenvalue weighted by atomic mass is 9.96. The van der Waals surface area contributed by atoms with Crippen LogP contribution in [0.3, 0.4) is 0 Å². The lowest BCUT2D eigenvalue weighted by molar-refractivity contribution is 1.23. The van der Waals surface area contributed by atoms with Gasteiger partial charge >= 0.3 is 0 Å². The first kappa shape index (κ1) is 12.9. The highest BCUT2D eigenvalue weighted by molar-refractivity contribution is 6.09. The first-order chi connectivity index (χ1) is 11.2. The number of aryl methyl sites for hydroxylation is 2. The fourth-order valence-corrected chi connectivity index (χ4v) is 3.97. The van der Waals surface area contributed by atoms with Gasteiger partial charge in [-0.05, 0) is 87.3 Å². The molecule has 0 nitrogen and oxygen atoms in total. The number of benzene rings is 4. The Bertz CT molecular complexity index is 1100. The second kappa shape index (κ2) is 4.45. The molecule has 23 heavy (non-hydrogen) atoms. The minimum absolute atomic E-state index is 1.06. The summed E-state index contributed by atoms with van der Waals surface area (Å²) in [6.45, 7) is 4.42. The molecule has 0 radical (unpaired) electrons. The minimum Gasteiger partial charge on any atom is -0.0616 e. The van der Waals surface area contributed by atoms with Crippen molar-refractivity contribution in [2.75, 3.05) is 0 Å². The van der Waals surface area contributed by atoms with Crippen LogP contribution in [0.25, 0.3) is 32.7 Å². The van der Waals surface area contributed by atoms with Crippen molar-refractivity contribution in [3.63, 3.8) is 0 Å². The van der Waals surface area contributed by atoms with E-state index in [-0.39, 0.29) is 0 Å². The Balaban J connectivity index is 1.84. The van der Waals surface area contributed by atoms with E-state index in [0.29, 0.717) is 0 Å². The second-order valence-electron chi connectivity index (χ2n) is 6.79. The lowest BCUT2D eigenvalue weighted by Gasteiger charge is -2.08. The molecule has 110 valence electrons. The van der Waals surface area contributed by atoms with Gasteiger partial charge in [0.25, 0.3) is 0 Å². The van der Waals surface area contributed by atoms with E-state index in [0.717, 1.165) is 6.42 Å². The summed E-state index contributed by atoms with van der Waals surface area (Å²) in [6.07, 6.45) is 1.06. The Morgan fingerprint density at radius 2 is 1.30 bits per heavy atom. The van der Waals surface area contributed by atoms with Gasteiger partial charge in [-0.3, -0.25) is 0 Å². The van der Waals surface area contributed by atoms with Gasteiger partial charge < -0.3 is 0 Å². The van der Waals surface area contributed by atoms with Crippen LogP contribution in [0, 0.1) is 13.8 Å². The van der Waals surface area contributed by atoms with Gasteiger partial charge in [0, 0.05) is 0 Å². The van der Waals surface area contributed by atoms with Crippen LogP contribution in [-0.4, -0.2) is 0 Å². The molecular formula is C23H18. The summed E-state index contributed by atoms with van der Waals surface area (Å²) in [5.74, 6) is 0. The molecule has 0 bridgehead atoms. The van der Waals surface area contributed by atoms with Crippen molar-refractivity contribution in [2.45, 2.75) is 20.3 Å². The predicted octanol–water partition coefficient (Wildman–Crippen LogP) is 6.18. The SMILES string of the molecule is Cc1cc2c(cc1C)-c1cc3ccc4ccccc4c3cc1C2. The van der Waals surface area contributed by atoms with E-state index >= 15 is 0 Å². The van der Waals surface area contributed by atoms with Gasteiger partial charge in [-0.25, -0.2) is 0 Å². The van der Waals surface area contributed by atoms with Gasteiger partial charge in [0.1, 0.15) is 0 Å². The molecule has 0 saturated heterocycles. The summed E-state index contributed by atoms with van der Waals surface area (Å²) in [5.41, 5.74) is 8.57. The molecule has 0 amide bonds. The Kier molecular flexibility index (Phi) is 2.50. The first-order valence-corrected chi connectivity index (χ1v) is 8.25. The van der Waals surface area contributed by atoms with E-state index in [1.165, 1.54) is 54.9 Å². The van der Waals surface area contributed by atoms with Crippen molar-refractivity contribution < 1.29 is 0 Å². The molecule has 0 N–H and O–H groups in total. The highest BCUT2D eigenvalue weighted by Crippen LogP contribution is 2.41. The molecule has 0 fully saturated rings. The number of fused-ring (bicyclic) bond motifs is 6. The van der Waals surface area contributed by atoms with Gasteiger partial charge in [-0.1, -0.05) is 48.5 Å². The summed E-state index contributed by atoms with van der Waals surface area (Å²) in [7, 11) is 0. The summed E-state index contributed by atoms with van der Waals surface area (Å²) >= 11 is 0. The zero-order valence-electron chi connectivity index (χ0n) is 13.5. The number of rotatable bonds is 0. The normalized spacial score (nSPS) is 12.6. The standard InChI is InChI=1S/C23H18/c1-14-9-18-11-19-13-22-17(12-23(19)21(18)10-15(14)2)8-7-16-5-3-4-6-20(16)22/h3-10,12-13H,11H2,1-2H3. The van der Waals surface area contributed by atoms with Crippen LogP contribution in [0.15, 0.2) is 60.7 Å². The largest absolute Gasteiger partial charge is 0.0616 e. The lowest BCUT2D eigenvalue weighted by Crippen LogP contribution is -1.86. The van der Waals surface area contributed by atoms with Gasteiger partial charge in [-0.2, -0.15) is 0 Å². The summed E-state index contributed by atoms with van der Waals surface area (Å²) in [4.78, 5) is 0. The Labute approximate surface area is 136 Å². The van der Waals surface area contributed by atoms with E-state index in [1.807, 2.05) is 0 Å². The molecule has 0 unspecified atom stereocenters. The summed E-state index contributed by atoms with van der Waals surface area (Å²) in [5, 5.41) is 5.40. The van der Waals surface area contributed by atoms with Crippen molar-refractivity contribution in [1.29, 1.82) is 0 Å². The van der Waals surface area contributed by atoms with E-state index in [1.54, 1.807) is 0 Å². The molecule has 0 aliphatic heterocycles. The van der Waals surface area contributed by atoms with Crippen LogP contribution < -0.4 is 0 Å². The zero-order valence-corrected chi connectivity index (χ0v) is 13.5. The maximum atomic E-state index is 2.41. The van der Waals surface area contributed by atoms with Crippen LogP contribution in [0.5, 0.6) is 0 Å². The van der Waals surface area contributed by atoms with Gasteiger partial charge in [0.05, 0.1) is 0 Å². The third-order valence-electron chi connectivity index (χ3n) is 5.36. The average Bonchev–Trinajstić information content (AvgIpc) is 2.90. The molecule has 1 aliphatic carbocycles. The van der Waals surface area contributed by atoms with Crippen molar-refractivity contribution in [1.82, 2.24) is 0 Å².